The van der Waals surface area contributed by atoms with Crippen LogP contribution in [-0.2, 0) is 13.2 Å². The van der Waals surface area contributed by atoms with E-state index >= 15 is 0 Å². The van der Waals surface area contributed by atoms with Crippen molar-refractivity contribution in [1.82, 2.24) is 24.3 Å². The Bertz CT molecular complexity index is 1560. The van der Waals surface area contributed by atoms with Gasteiger partial charge in [0.1, 0.15) is 34.8 Å². The highest BCUT2D eigenvalue weighted by molar-refractivity contribution is 7.09. The Morgan fingerprint density at radius 1 is 1.15 bits per heavy atom. The summed E-state index contributed by atoms with van der Waals surface area (Å²) in [4.78, 5) is 32.8. The van der Waals surface area contributed by atoms with Gasteiger partial charge in [-0.05, 0) is 30.3 Å². The lowest BCUT2D eigenvalue weighted by molar-refractivity contribution is -0.384. The Hall–Kier alpha value is -4.09. The van der Waals surface area contributed by atoms with Gasteiger partial charge in [0.05, 0.1) is 23.4 Å². The number of benzene rings is 2. The molecule has 0 saturated heterocycles. The van der Waals surface area contributed by atoms with Crippen molar-refractivity contribution in [3.63, 3.8) is 0 Å². The molecule has 0 fully saturated rings. The number of nitro benzene ring substituents is 1. The number of para-hydroxylation sites is 2. The van der Waals surface area contributed by atoms with Crippen molar-refractivity contribution < 1.29 is 9.66 Å². The molecule has 3 heterocycles. The molecule has 0 spiro atoms. The molecule has 34 heavy (non-hydrogen) atoms. The van der Waals surface area contributed by atoms with Crippen LogP contribution in [-0.4, -0.2) is 29.2 Å². The minimum absolute atomic E-state index is 0.130. The number of ether oxygens (including phenoxy) is 1. The second-order valence-corrected chi connectivity index (χ2v) is 8.57. The van der Waals surface area contributed by atoms with Crippen molar-refractivity contribution in [1.29, 1.82) is 0 Å². The van der Waals surface area contributed by atoms with Crippen molar-refractivity contribution in [3.8, 4) is 11.4 Å². The molecule has 0 N–H and O–H groups in total. The van der Waals surface area contributed by atoms with E-state index in [1.807, 2.05) is 5.38 Å². The van der Waals surface area contributed by atoms with Crippen molar-refractivity contribution in [2.24, 2.45) is 0 Å². The molecule has 170 valence electrons. The molecule has 2 aromatic carbocycles. The fourth-order valence-electron chi connectivity index (χ4n) is 3.37. The minimum Gasteiger partial charge on any atom is -0.486 e. The topological polar surface area (TPSA) is 118 Å². The monoisotopic (exact) mass is 494 g/mol. The first-order valence-electron chi connectivity index (χ1n) is 9.98. The molecule has 10 nitrogen and oxygen atoms in total. The van der Waals surface area contributed by atoms with E-state index in [0.717, 1.165) is 5.01 Å². The van der Waals surface area contributed by atoms with Gasteiger partial charge in [-0.2, -0.15) is 5.10 Å². The van der Waals surface area contributed by atoms with E-state index in [9.17, 15) is 14.9 Å². The van der Waals surface area contributed by atoms with Crippen LogP contribution in [0.2, 0.25) is 5.02 Å². The van der Waals surface area contributed by atoms with Crippen LogP contribution in [0.5, 0.6) is 5.75 Å². The lowest BCUT2D eigenvalue weighted by Gasteiger charge is -2.06. The standard InChI is InChI=1S/C22H15ClN6O4S/c23-14-5-7-16(8-6-14)33-11-20-26-15(12-34-20)10-27-13-24-21-17(22(27)30)9-25-28(21)18-3-1-2-4-19(18)29(31)32/h1-9,12-13H,10-11H2. The summed E-state index contributed by atoms with van der Waals surface area (Å²) < 4.78 is 8.44. The number of rotatable bonds is 7. The van der Waals surface area contributed by atoms with Crippen LogP contribution < -0.4 is 10.3 Å². The molecule has 0 unspecified atom stereocenters. The molecule has 0 aliphatic carbocycles. The first kappa shape index (κ1) is 21.7. The summed E-state index contributed by atoms with van der Waals surface area (Å²) in [6, 6.07) is 13.2. The third kappa shape index (κ3) is 4.26. The van der Waals surface area contributed by atoms with Crippen LogP contribution in [0.1, 0.15) is 10.7 Å². The van der Waals surface area contributed by atoms with Gasteiger partial charge in [-0.3, -0.25) is 19.5 Å². The molecule has 0 aliphatic rings. The van der Waals surface area contributed by atoms with Gasteiger partial charge in [-0.25, -0.2) is 14.6 Å². The largest absolute Gasteiger partial charge is 0.486 e. The number of halogens is 1. The lowest BCUT2D eigenvalue weighted by Crippen LogP contribution is -2.21. The smallest absolute Gasteiger partial charge is 0.294 e. The van der Waals surface area contributed by atoms with Crippen LogP contribution in [0, 0.1) is 10.1 Å². The fourth-order valence-corrected chi connectivity index (χ4v) is 4.20. The summed E-state index contributed by atoms with van der Waals surface area (Å²) in [6.45, 7) is 0.511. The van der Waals surface area contributed by atoms with E-state index in [4.69, 9.17) is 16.3 Å². The second-order valence-electron chi connectivity index (χ2n) is 7.19. The maximum Gasteiger partial charge on any atom is 0.294 e. The van der Waals surface area contributed by atoms with Gasteiger partial charge in [0.2, 0.25) is 0 Å². The van der Waals surface area contributed by atoms with Crippen LogP contribution in [0.3, 0.4) is 0 Å². The first-order chi connectivity index (χ1) is 16.5. The van der Waals surface area contributed by atoms with E-state index in [2.05, 4.69) is 15.1 Å². The highest BCUT2D eigenvalue weighted by Crippen LogP contribution is 2.24. The fraction of sp³-hybridized carbons (Fsp3) is 0.0909. The zero-order valence-corrected chi connectivity index (χ0v) is 18.9. The quantitative estimate of drug-likeness (QED) is 0.245. The van der Waals surface area contributed by atoms with Gasteiger partial charge >= 0.3 is 0 Å². The van der Waals surface area contributed by atoms with E-state index < -0.39 is 4.92 Å². The predicted octanol–water partition coefficient (Wildman–Crippen LogP) is 4.23. The molecule has 3 aromatic heterocycles. The van der Waals surface area contributed by atoms with Gasteiger partial charge in [0.25, 0.3) is 11.2 Å². The Kier molecular flexibility index (Phi) is 5.78. The number of hydrogen-bond donors (Lipinski definition) is 0. The van der Waals surface area contributed by atoms with Crippen LogP contribution in [0.25, 0.3) is 16.7 Å². The number of fused-ring (bicyclic) bond motifs is 1. The summed E-state index contributed by atoms with van der Waals surface area (Å²) in [7, 11) is 0. The summed E-state index contributed by atoms with van der Waals surface area (Å²) in [6.07, 6.45) is 2.76. The molecule has 0 atom stereocenters. The zero-order valence-electron chi connectivity index (χ0n) is 17.4. The Balaban J connectivity index is 1.37. The molecule has 5 aromatic rings. The van der Waals surface area contributed by atoms with E-state index in [1.54, 1.807) is 42.5 Å². The molecule has 0 amide bonds. The SMILES string of the molecule is O=c1c2cnn(-c3ccccc3[N+](=O)[O-])c2ncn1Cc1csc(COc2ccc(Cl)cc2)n1. The Labute approximate surface area is 200 Å². The minimum atomic E-state index is -0.499. The van der Waals surface area contributed by atoms with Crippen molar-refractivity contribution in [2.75, 3.05) is 0 Å². The molecule has 0 bridgehead atoms. The molecule has 12 heteroatoms. The highest BCUT2D eigenvalue weighted by Gasteiger charge is 2.19. The van der Waals surface area contributed by atoms with Gasteiger partial charge in [0.15, 0.2) is 5.65 Å². The van der Waals surface area contributed by atoms with Crippen LogP contribution >= 0.6 is 22.9 Å². The van der Waals surface area contributed by atoms with Crippen LogP contribution in [0.15, 0.2) is 71.2 Å². The lowest BCUT2D eigenvalue weighted by atomic mass is 10.2. The van der Waals surface area contributed by atoms with Gasteiger partial charge in [-0.1, -0.05) is 23.7 Å². The molecule has 5 rings (SSSR count). The third-order valence-corrected chi connectivity index (χ3v) is 6.09. The summed E-state index contributed by atoms with van der Waals surface area (Å²) in [5.41, 5.74) is 0.716. The highest BCUT2D eigenvalue weighted by atomic mass is 35.5. The number of hydrogen-bond acceptors (Lipinski definition) is 8. The number of nitro groups is 1. The number of thiazole rings is 1. The number of aromatic nitrogens is 5. The Morgan fingerprint density at radius 2 is 1.94 bits per heavy atom. The summed E-state index contributed by atoms with van der Waals surface area (Å²) in [5, 5.41) is 19.1. The molecule has 0 saturated carbocycles. The predicted molar refractivity (Wildman–Crippen MR) is 127 cm³/mol. The average Bonchev–Trinajstić information content (AvgIpc) is 3.48. The first-order valence-corrected chi connectivity index (χ1v) is 11.2. The van der Waals surface area contributed by atoms with Crippen molar-refractivity contribution in [2.45, 2.75) is 13.2 Å². The average molecular weight is 495 g/mol. The summed E-state index contributed by atoms with van der Waals surface area (Å²) in [5.74, 6) is 0.683. The number of nitrogens with zero attached hydrogens (tertiary/aromatic N) is 6. The molecular weight excluding hydrogens is 480 g/mol. The van der Waals surface area contributed by atoms with E-state index in [-0.39, 0.29) is 34.5 Å². The maximum absolute atomic E-state index is 13.0. The normalized spacial score (nSPS) is 11.1. The zero-order chi connectivity index (χ0) is 23.7. The second kappa shape index (κ2) is 9.04. The maximum atomic E-state index is 13.0. The molecular formula is C22H15ClN6O4S. The summed E-state index contributed by atoms with van der Waals surface area (Å²) >= 11 is 7.31. The Morgan fingerprint density at radius 3 is 2.74 bits per heavy atom. The van der Waals surface area contributed by atoms with Gasteiger partial charge < -0.3 is 4.74 Å². The van der Waals surface area contributed by atoms with Crippen molar-refractivity contribution in [3.05, 3.63) is 103 Å². The van der Waals surface area contributed by atoms with E-state index in [0.29, 0.717) is 23.1 Å². The van der Waals surface area contributed by atoms with Gasteiger partial charge in [0, 0.05) is 16.5 Å². The van der Waals surface area contributed by atoms with E-state index in [1.165, 1.54) is 39.2 Å². The molecule has 0 aliphatic heterocycles. The molecule has 0 radical (unpaired) electrons. The van der Waals surface area contributed by atoms with Crippen LogP contribution in [0.4, 0.5) is 5.69 Å². The third-order valence-electron chi connectivity index (χ3n) is 4.97. The van der Waals surface area contributed by atoms with Crippen molar-refractivity contribution >= 4 is 39.7 Å². The van der Waals surface area contributed by atoms with Gasteiger partial charge in [-0.15, -0.1) is 11.3 Å².